The maximum atomic E-state index is 13.9. The zero-order chi connectivity index (χ0) is 23.1. The number of nitrogens with one attached hydrogen (secondary N) is 1. The predicted molar refractivity (Wildman–Crippen MR) is 138 cm³/mol. The monoisotopic (exact) mass is 654 g/mol. The van der Waals surface area contributed by atoms with Crippen LogP contribution in [0, 0.1) is 24.3 Å². The number of carbonyl (C=O) groups excluding carboxylic acids is 1. The van der Waals surface area contributed by atoms with Gasteiger partial charge in [-0.3, -0.25) is 4.79 Å². The zero-order valence-electron chi connectivity index (χ0n) is 16.9. The standard InChI is InChI=1S/C24H17FI2N2O3/c1-31-22-9-5-4-8-21(22)29-24(30)17(13-28)10-15-11-19(26)23(20(27)12-15)32-14-16-6-2-3-7-18(16)25/h2-12H,14H2,1H3,(H,29,30)/b17-10-. The third-order valence-electron chi connectivity index (χ3n) is 4.38. The third kappa shape index (κ3) is 5.98. The Balaban J connectivity index is 1.80. The first kappa shape index (κ1) is 24.0. The van der Waals surface area contributed by atoms with E-state index in [1.54, 1.807) is 54.6 Å². The van der Waals surface area contributed by atoms with Gasteiger partial charge < -0.3 is 14.8 Å². The molecule has 0 heterocycles. The minimum atomic E-state index is -0.540. The highest BCUT2D eigenvalue weighted by Crippen LogP contribution is 2.31. The Labute approximate surface area is 212 Å². The van der Waals surface area contributed by atoms with E-state index in [2.05, 4.69) is 50.5 Å². The SMILES string of the molecule is COc1ccccc1NC(=O)/C(C#N)=C\c1cc(I)c(OCc2ccccc2F)c(I)c1. The van der Waals surface area contributed by atoms with Crippen LogP contribution in [0.2, 0.25) is 0 Å². The Kier molecular flexibility index (Phi) is 8.46. The summed E-state index contributed by atoms with van der Waals surface area (Å²) < 4.78 is 26.5. The van der Waals surface area contributed by atoms with E-state index in [0.717, 1.165) is 7.14 Å². The Morgan fingerprint density at radius 3 is 2.44 bits per heavy atom. The predicted octanol–water partition coefficient (Wildman–Crippen LogP) is 6.17. The molecule has 0 unspecified atom stereocenters. The molecule has 3 aromatic rings. The van der Waals surface area contributed by atoms with Gasteiger partial charge in [-0.2, -0.15) is 5.26 Å². The molecule has 0 saturated carbocycles. The van der Waals surface area contributed by atoms with E-state index in [1.807, 2.05) is 6.07 Å². The van der Waals surface area contributed by atoms with E-state index in [4.69, 9.17) is 9.47 Å². The van der Waals surface area contributed by atoms with Crippen molar-refractivity contribution >= 4 is 62.9 Å². The van der Waals surface area contributed by atoms with Gasteiger partial charge in [0.05, 0.1) is 19.9 Å². The van der Waals surface area contributed by atoms with E-state index in [1.165, 1.54) is 19.3 Å². The summed E-state index contributed by atoms with van der Waals surface area (Å²) in [6.45, 7) is 0.0959. The maximum absolute atomic E-state index is 13.9. The smallest absolute Gasteiger partial charge is 0.266 e. The number of hydrogen-bond donors (Lipinski definition) is 1. The van der Waals surface area contributed by atoms with Gasteiger partial charge in [-0.15, -0.1) is 0 Å². The largest absolute Gasteiger partial charge is 0.495 e. The molecule has 1 N–H and O–H groups in total. The Hall–Kier alpha value is -2.65. The highest BCUT2D eigenvalue weighted by Gasteiger charge is 2.14. The number of nitrogens with zero attached hydrogens (tertiary/aromatic N) is 1. The minimum Gasteiger partial charge on any atom is -0.495 e. The van der Waals surface area contributed by atoms with Crippen LogP contribution in [-0.2, 0) is 11.4 Å². The number of rotatable bonds is 7. The second kappa shape index (κ2) is 11.3. The lowest BCUT2D eigenvalue weighted by molar-refractivity contribution is -0.112. The van der Waals surface area contributed by atoms with E-state index >= 15 is 0 Å². The summed E-state index contributed by atoms with van der Waals surface area (Å²) in [5.41, 5.74) is 1.55. The van der Waals surface area contributed by atoms with Crippen LogP contribution >= 0.6 is 45.2 Å². The topological polar surface area (TPSA) is 71.3 Å². The number of methoxy groups -OCH3 is 1. The van der Waals surface area contributed by atoms with Gasteiger partial charge in [0.25, 0.3) is 5.91 Å². The lowest BCUT2D eigenvalue weighted by Crippen LogP contribution is -2.14. The third-order valence-corrected chi connectivity index (χ3v) is 5.98. The lowest BCUT2D eigenvalue weighted by Gasteiger charge is -2.12. The number of halogens is 3. The summed E-state index contributed by atoms with van der Waals surface area (Å²) in [7, 11) is 1.51. The molecule has 0 aliphatic heterocycles. The van der Waals surface area contributed by atoms with Crippen LogP contribution in [-0.4, -0.2) is 13.0 Å². The van der Waals surface area contributed by atoms with Crippen molar-refractivity contribution in [3.05, 3.63) is 90.3 Å². The summed E-state index contributed by atoms with van der Waals surface area (Å²) in [6.07, 6.45) is 1.51. The molecule has 162 valence electrons. The quantitative estimate of drug-likeness (QED) is 0.188. The molecular formula is C24H17FI2N2O3. The molecule has 0 aliphatic rings. The highest BCUT2D eigenvalue weighted by molar-refractivity contribution is 14.1. The molecule has 3 rings (SSSR count). The zero-order valence-corrected chi connectivity index (χ0v) is 21.2. The molecule has 0 spiro atoms. The van der Waals surface area contributed by atoms with Gasteiger partial charge in [-0.1, -0.05) is 30.3 Å². The molecule has 0 radical (unpaired) electrons. The molecule has 0 aromatic heterocycles. The van der Waals surface area contributed by atoms with E-state index in [0.29, 0.717) is 28.3 Å². The summed E-state index contributed by atoms with van der Waals surface area (Å²) in [6, 6.07) is 19.0. The first-order chi connectivity index (χ1) is 15.4. The maximum Gasteiger partial charge on any atom is 0.266 e. The van der Waals surface area contributed by atoms with Crippen molar-refractivity contribution in [2.75, 3.05) is 12.4 Å². The number of anilines is 1. The van der Waals surface area contributed by atoms with E-state index in [-0.39, 0.29) is 18.0 Å². The van der Waals surface area contributed by atoms with Crippen LogP contribution in [0.25, 0.3) is 6.08 Å². The summed E-state index contributed by atoms with van der Waals surface area (Å²) in [5.74, 6) is 0.251. The molecule has 0 saturated heterocycles. The normalized spacial score (nSPS) is 10.9. The molecule has 0 fully saturated rings. The molecule has 32 heavy (non-hydrogen) atoms. The average molecular weight is 654 g/mol. The van der Waals surface area contributed by atoms with Crippen molar-refractivity contribution in [1.29, 1.82) is 5.26 Å². The molecule has 5 nitrogen and oxygen atoms in total. The van der Waals surface area contributed by atoms with Crippen molar-refractivity contribution in [3.8, 4) is 17.6 Å². The van der Waals surface area contributed by atoms with Gasteiger partial charge in [-0.05, 0) is 87.2 Å². The molecule has 1 amide bonds. The summed E-state index contributed by atoms with van der Waals surface area (Å²) in [5, 5.41) is 12.2. The van der Waals surface area contributed by atoms with Crippen LogP contribution < -0.4 is 14.8 Å². The van der Waals surface area contributed by atoms with Crippen LogP contribution in [0.15, 0.2) is 66.2 Å². The van der Waals surface area contributed by atoms with Crippen molar-refractivity contribution in [3.63, 3.8) is 0 Å². The summed E-state index contributed by atoms with van der Waals surface area (Å²) in [4.78, 5) is 12.6. The number of para-hydroxylation sites is 2. The highest BCUT2D eigenvalue weighted by atomic mass is 127. The Bertz CT molecular complexity index is 1200. The van der Waals surface area contributed by atoms with Crippen LogP contribution in [0.1, 0.15) is 11.1 Å². The van der Waals surface area contributed by atoms with Crippen molar-refractivity contribution in [1.82, 2.24) is 0 Å². The van der Waals surface area contributed by atoms with Crippen molar-refractivity contribution < 1.29 is 18.7 Å². The Morgan fingerprint density at radius 2 is 1.78 bits per heavy atom. The van der Waals surface area contributed by atoms with E-state index < -0.39 is 5.91 Å². The number of benzene rings is 3. The number of ether oxygens (including phenoxy) is 2. The number of carbonyl (C=O) groups is 1. The molecular weight excluding hydrogens is 637 g/mol. The second-order valence-corrected chi connectivity index (χ2v) is 8.84. The fraction of sp³-hybridized carbons (Fsp3) is 0.0833. The fourth-order valence-corrected chi connectivity index (χ4v) is 4.95. The first-order valence-corrected chi connectivity index (χ1v) is 11.5. The first-order valence-electron chi connectivity index (χ1n) is 9.34. The Morgan fingerprint density at radius 1 is 1.12 bits per heavy atom. The molecule has 8 heteroatoms. The second-order valence-electron chi connectivity index (χ2n) is 6.52. The van der Waals surface area contributed by atoms with Gasteiger partial charge in [0, 0.05) is 5.56 Å². The van der Waals surface area contributed by atoms with Gasteiger partial charge in [0.1, 0.15) is 35.6 Å². The van der Waals surface area contributed by atoms with Crippen LogP contribution in [0.3, 0.4) is 0 Å². The number of hydrogen-bond acceptors (Lipinski definition) is 4. The summed E-state index contributed by atoms with van der Waals surface area (Å²) >= 11 is 4.23. The molecule has 0 aliphatic carbocycles. The fourth-order valence-electron chi connectivity index (χ4n) is 2.82. The van der Waals surface area contributed by atoms with Crippen molar-refractivity contribution in [2.45, 2.75) is 6.61 Å². The molecule has 3 aromatic carbocycles. The molecule has 0 bridgehead atoms. The number of nitriles is 1. The van der Waals surface area contributed by atoms with Crippen molar-refractivity contribution in [2.24, 2.45) is 0 Å². The lowest BCUT2D eigenvalue weighted by atomic mass is 10.1. The van der Waals surface area contributed by atoms with Gasteiger partial charge in [-0.25, -0.2) is 4.39 Å². The van der Waals surface area contributed by atoms with Gasteiger partial charge >= 0.3 is 0 Å². The van der Waals surface area contributed by atoms with Gasteiger partial charge in [0.15, 0.2) is 0 Å². The van der Waals surface area contributed by atoms with Crippen LogP contribution in [0.5, 0.6) is 11.5 Å². The van der Waals surface area contributed by atoms with Gasteiger partial charge in [0.2, 0.25) is 0 Å². The van der Waals surface area contributed by atoms with E-state index in [9.17, 15) is 14.4 Å². The minimum absolute atomic E-state index is 0.0532. The van der Waals surface area contributed by atoms with Crippen LogP contribution in [0.4, 0.5) is 10.1 Å². The molecule has 0 atom stereocenters. The number of amides is 1. The average Bonchev–Trinajstić information content (AvgIpc) is 2.78.